The summed E-state index contributed by atoms with van der Waals surface area (Å²) in [5.74, 6) is -0.0999. The van der Waals surface area contributed by atoms with Gasteiger partial charge in [0.15, 0.2) is 0 Å². The summed E-state index contributed by atoms with van der Waals surface area (Å²) in [4.78, 5) is 11.5. The van der Waals surface area contributed by atoms with Crippen LogP contribution in [0.3, 0.4) is 0 Å². The lowest BCUT2D eigenvalue weighted by atomic mass is 9.96. The molecule has 0 spiro atoms. The Balaban J connectivity index is 2.42. The van der Waals surface area contributed by atoms with Gasteiger partial charge in [-0.25, -0.2) is 4.79 Å². The summed E-state index contributed by atoms with van der Waals surface area (Å²) >= 11 is 0. The van der Waals surface area contributed by atoms with Gasteiger partial charge in [0.05, 0.1) is 6.61 Å². The summed E-state index contributed by atoms with van der Waals surface area (Å²) in [7, 11) is 0. The van der Waals surface area contributed by atoms with Crippen LogP contribution in [0.1, 0.15) is 49.0 Å². The summed E-state index contributed by atoms with van der Waals surface area (Å²) in [6, 6.07) is 13.6. The molecule has 3 nitrogen and oxygen atoms in total. The van der Waals surface area contributed by atoms with Gasteiger partial charge in [0.2, 0.25) is 0 Å². The van der Waals surface area contributed by atoms with E-state index >= 15 is 0 Å². The highest BCUT2D eigenvalue weighted by Gasteiger charge is 2.13. The van der Waals surface area contributed by atoms with Crippen molar-refractivity contribution in [3.05, 3.63) is 53.6 Å². The summed E-state index contributed by atoms with van der Waals surface area (Å²) in [6.07, 6.45) is 0.844. The molecule has 0 aliphatic rings. The summed E-state index contributed by atoms with van der Waals surface area (Å²) in [6.45, 7) is 6.79. The molecule has 3 heteroatoms. The SMILES string of the molecule is CCCOc1ccc(-c2cccc(C(C)C)c2)cc1C(=O)O. The van der Waals surface area contributed by atoms with E-state index in [1.807, 2.05) is 25.1 Å². The molecule has 0 saturated carbocycles. The Kier molecular flexibility index (Phi) is 5.21. The van der Waals surface area contributed by atoms with Crippen molar-refractivity contribution in [3.63, 3.8) is 0 Å². The van der Waals surface area contributed by atoms with Gasteiger partial charge in [0, 0.05) is 0 Å². The molecule has 0 aliphatic carbocycles. The summed E-state index contributed by atoms with van der Waals surface area (Å²) in [5, 5.41) is 9.40. The van der Waals surface area contributed by atoms with Crippen LogP contribution in [0, 0.1) is 0 Å². The van der Waals surface area contributed by atoms with Crippen molar-refractivity contribution in [3.8, 4) is 16.9 Å². The second-order valence-corrected chi connectivity index (χ2v) is 5.64. The molecule has 1 N–H and O–H groups in total. The van der Waals surface area contributed by atoms with Crippen LogP contribution in [0.5, 0.6) is 5.75 Å². The first-order valence-electron chi connectivity index (χ1n) is 7.63. The van der Waals surface area contributed by atoms with Crippen molar-refractivity contribution in [2.24, 2.45) is 0 Å². The van der Waals surface area contributed by atoms with Crippen LogP contribution in [0.4, 0.5) is 0 Å². The Labute approximate surface area is 131 Å². The molecule has 0 radical (unpaired) electrons. The van der Waals surface area contributed by atoms with Crippen molar-refractivity contribution in [2.75, 3.05) is 6.61 Å². The lowest BCUT2D eigenvalue weighted by molar-refractivity contribution is 0.0692. The highest BCUT2D eigenvalue weighted by atomic mass is 16.5. The molecule has 0 saturated heterocycles. The lowest BCUT2D eigenvalue weighted by Crippen LogP contribution is -2.04. The Morgan fingerprint density at radius 3 is 2.50 bits per heavy atom. The van der Waals surface area contributed by atoms with Crippen LogP contribution in [0.15, 0.2) is 42.5 Å². The standard InChI is InChI=1S/C19H22O3/c1-4-10-22-18-9-8-16(12-17(18)19(20)21)15-7-5-6-14(11-15)13(2)3/h5-9,11-13H,4,10H2,1-3H3,(H,20,21). The zero-order chi connectivity index (χ0) is 16.1. The average Bonchev–Trinajstić information content (AvgIpc) is 2.52. The molecule has 0 atom stereocenters. The van der Waals surface area contributed by atoms with Gasteiger partial charge in [0.25, 0.3) is 0 Å². The van der Waals surface area contributed by atoms with Gasteiger partial charge in [0.1, 0.15) is 11.3 Å². The first-order valence-corrected chi connectivity index (χ1v) is 7.63. The van der Waals surface area contributed by atoms with E-state index in [9.17, 15) is 9.90 Å². The number of carbonyl (C=O) groups is 1. The maximum Gasteiger partial charge on any atom is 0.339 e. The number of carboxylic acid groups (broad SMARTS) is 1. The molecule has 0 amide bonds. The van der Waals surface area contributed by atoms with E-state index in [2.05, 4.69) is 26.0 Å². The van der Waals surface area contributed by atoms with Gasteiger partial charge in [-0.2, -0.15) is 0 Å². The maximum atomic E-state index is 11.5. The van der Waals surface area contributed by atoms with Crippen LogP contribution in [0.2, 0.25) is 0 Å². The molecule has 22 heavy (non-hydrogen) atoms. The molecule has 0 heterocycles. The highest BCUT2D eigenvalue weighted by molar-refractivity contribution is 5.92. The second kappa shape index (κ2) is 7.12. The molecule has 2 rings (SSSR count). The second-order valence-electron chi connectivity index (χ2n) is 5.64. The number of rotatable bonds is 6. The molecule has 0 bridgehead atoms. The van der Waals surface area contributed by atoms with Gasteiger partial charge in [-0.05, 0) is 41.2 Å². The lowest BCUT2D eigenvalue weighted by Gasteiger charge is -2.12. The van der Waals surface area contributed by atoms with E-state index in [4.69, 9.17) is 4.74 Å². The minimum absolute atomic E-state index is 0.209. The van der Waals surface area contributed by atoms with Crippen LogP contribution in [-0.4, -0.2) is 17.7 Å². The summed E-state index contributed by atoms with van der Waals surface area (Å²) in [5.41, 5.74) is 3.36. The number of hydrogen-bond acceptors (Lipinski definition) is 2. The van der Waals surface area contributed by atoms with Crippen LogP contribution in [-0.2, 0) is 0 Å². The number of carboxylic acids is 1. The predicted molar refractivity (Wildman–Crippen MR) is 88.7 cm³/mol. The first kappa shape index (κ1) is 16.1. The van der Waals surface area contributed by atoms with Crippen molar-refractivity contribution in [1.29, 1.82) is 0 Å². The third-order valence-electron chi connectivity index (χ3n) is 3.56. The van der Waals surface area contributed by atoms with Crippen LogP contribution in [0.25, 0.3) is 11.1 Å². The number of ether oxygens (including phenoxy) is 1. The maximum absolute atomic E-state index is 11.5. The van der Waals surface area contributed by atoms with Gasteiger partial charge < -0.3 is 9.84 Å². The third kappa shape index (κ3) is 3.67. The molecular formula is C19H22O3. The fourth-order valence-electron chi connectivity index (χ4n) is 2.29. The fourth-order valence-corrected chi connectivity index (χ4v) is 2.29. The minimum atomic E-state index is -0.965. The van der Waals surface area contributed by atoms with Gasteiger partial charge in [-0.15, -0.1) is 0 Å². The smallest absolute Gasteiger partial charge is 0.339 e. The van der Waals surface area contributed by atoms with Gasteiger partial charge >= 0.3 is 5.97 Å². The number of aromatic carboxylic acids is 1. The Morgan fingerprint density at radius 1 is 1.14 bits per heavy atom. The molecule has 0 aliphatic heterocycles. The van der Waals surface area contributed by atoms with E-state index in [0.717, 1.165) is 17.5 Å². The van der Waals surface area contributed by atoms with Crippen molar-refractivity contribution >= 4 is 5.97 Å². The largest absolute Gasteiger partial charge is 0.493 e. The molecule has 0 fully saturated rings. The summed E-state index contributed by atoms with van der Waals surface area (Å²) < 4.78 is 5.52. The third-order valence-corrected chi connectivity index (χ3v) is 3.56. The highest BCUT2D eigenvalue weighted by Crippen LogP contribution is 2.29. The molecule has 0 aromatic heterocycles. The van der Waals surface area contributed by atoms with E-state index in [1.54, 1.807) is 12.1 Å². The monoisotopic (exact) mass is 298 g/mol. The molecule has 0 unspecified atom stereocenters. The van der Waals surface area contributed by atoms with Crippen LogP contribution >= 0.6 is 0 Å². The van der Waals surface area contributed by atoms with E-state index in [-0.39, 0.29) is 5.56 Å². The molecule has 2 aromatic carbocycles. The first-order chi connectivity index (χ1) is 10.5. The van der Waals surface area contributed by atoms with Gasteiger partial charge in [-0.3, -0.25) is 0 Å². The topological polar surface area (TPSA) is 46.5 Å². The molecule has 116 valence electrons. The van der Waals surface area contributed by atoms with Crippen molar-refractivity contribution in [1.82, 2.24) is 0 Å². The number of benzene rings is 2. The average molecular weight is 298 g/mol. The molecular weight excluding hydrogens is 276 g/mol. The van der Waals surface area contributed by atoms with Crippen LogP contribution < -0.4 is 4.74 Å². The number of hydrogen-bond donors (Lipinski definition) is 1. The Hall–Kier alpha value is -2.29. The zero-order valence-electron chi connectivity index (χ0n) is 13.3. The minimum Gasteiger partial charge on any atom is -0.493 e. The fraction of sp³-hybridized carbons (Fsp3) is 0.316. The normalized spacial score (nSPS) is 10.7. The van der Waals surface area contributed by atoms with E-state index in [0.29, 0.717) is 18.3 Å². The van der Waals surface area contributed by atoms with Crippen molar-refractivity contribution in [2.45, 2.75) is 33.1 Å². The molecule has 2 aromatic rings. The van der Waals surface area contributed by atoms with E-state index in [1.165, 1.54) is 5.56 Å². The van der Waals surface area contributed by atoms with E-state index < -0.39 is 5.97 Å². The Morgan fingerprint density at radius 2 is 1.86 bits per heavy atom. The van der Waals surface area contributed by atoms with Crippen molar-refractivity contribution < 1.29 is 14.6 Å². The van der Waals surface area contributed by atoms with Gasteiger partial charge in [-0.1, -0.05) is 51.1 Å². The Bertz CT molecular complexity index is 659. The zero-order valence-corrected chi connectivity index (χ0v) is 13.3. The quantitative estimate of drug-likeness (QED) is 0.819. The predicted octanol–water partition coefficient (Wildman–Crippen LogP) is 4.96.